The van der Waals surface area contributed by atoms with Crippen molar-refractivity contribution in [2.24, 2.45) is 0 Å². The molecule has 0 spiro atoms. The highest BCUT2D eigenvalue weighted by atomic mass is 32.1. The number of carbonyl (C=O) groups excluding carboxylic acids is 1. The molecule has 2 saturated heterocycles. The first kappa shape index (κ1) is 16.5. The van der Waals surface area contributed by atoms with Crippen LogP contribution in [0.5, 0.6) is 5.75 Å². The molecule has 0 aliphatic carbocycles. The van der Waals surface area contributed by atoms with Gasteiger partial charge in [-0.15, -0.1) is 11.3 Å². The number of hydrogen-bond donors (Lipinski definition) is 1. The number of nitrogens with zero attached hydrogens (tertiary/aromatic N) is 2. The number of thiophene rings is 1. The molecule has 0 saturated carbocycles. The van der Waals surface area contributed by atoms with Crippen LogP contribution in [0, 0.1) is 0 Å². The van der Waals surface area contributed by atoms with Gasteiger partial charge in [-0.3, -0.25) is 9.78 Å². The zero-order chi connectivity index (χ0) is 17.1. The molecule has 4 rings (SSSR count). The highest BCUT2D eigenvalue weighted by molar-refractivity contribution is 7.14. The van der Waals surface area contributed by atoms with E-state index in [9.17, 15) is 4.79 Å². The lowest BCUT2D eigenvalue weighted by Gasteiger charge is -2.31. The smallest absolute Gasteiger partial charge is 0.263 e. The van der Waals surface area contributed by atoms with Crippen molar-refractivity contribution in [1.82, 2.24) is 15.2 Å². The summed E-state index contributed by atoms with van der Waals surface area (Å²) in [5, 5.41) is 3.50. The van der Waals surface area contributed by atoms with Crippen LogP contribution >= 0.6 is 11.3 Å². The molecule has 132 valence electrons. The van der Waals surface area contributed by atoms with Crippen LogP contribution in [-0.2, 0) is 0 Å². The number of likely N-dealkylation sites (tertiary alicyclic amines) is 1. The zero-order valence-electron chi connectivity index (χ0n) is 14.2. The van der Waals surface area contributed by atoms with Crippen molar-refractivity contribution >= 4 is 17.2 Å². The Bertz CT molecular complexity index is 704. The Morgan fingerprint density at radius 1 is 1.24 bits per heavy atom. The summed E-state index contributed by atoms with van der Waals surface area (Å²) in [7, 11) is 0. The molecule has 1 N–H and O–H groups in total. The molecular weight excluding hydrogens is 334 g/mol. The molecule has 2 aromatic heterocycles. The fourth-order valence-corrected chi connectivity index (χ4v) is 4.61. The van der Waals surface area contributed by atoms with Crippen LogP contribution in [0.15, 0.2) is 36.7 Å². The number of hydrogen-bond acceptors (Lipinski definition) is 5. The third-order valence-electron chi connectivity index (χ3n) is 4.91. The maximum atomic E-state index is 12.8. The Morgan fingerprint density at radius 2 is 2.12 bits per heavy atom. The van der Waals surface area contributed by atoms with Gasteiger partial charge >= 0.3 is 0 Å². The van der Waals surface area contributed by atoms with Gasteiger partial charge in [-0.1, -0.05) is 0 Å². The number of piperidine rings is 1. The normalized spacial score (nSPS) is 21.4. The highest BCUT2D eigenvalue weighted by Crippen LogP contribution is 2.30. The van der Waals surface area contributed by atoms with Crippen molar-refractivity contribution in [3.8, 4) is 5.75 Å². The van der Waals surface area contributed by atoms with E-state index >= 15 is 0 Å². The summed E-state index contributed by atoms with van der Waals surface area (Å²) in [6.45, 7) is 2.58. The summed E-state index contributed by atoms with van der Waals surface area (Å²) in [6, 6.07) is 8.33. The molecule has 1 atom stereocenters. The molecule has 5 nitrogen and oxygen atoms in total. The lowest BCUT2D eigenvalue weighted by Crippen LogP contribution is -2.41. The van der Waals surface area contributed by atoms with E-state index in [-0.39, 0.29) is 12.0 Å². The van der Waals surface area contributed by atoms with Gasteiger partial charge in [-0.05, 0) is 43.7 Å². The predicted molar refractivity (Wildman–Crippen MR) is 98.1 cm³/mol. The molecule has 0 bridgehead atoms. The standard InChI is InChI=1S/C19H23N3O2S/c23-19(18-6-5-17(25-18)16-4-2-10-21-16)22-11-7-14(8-12-22)24-15-3-1-9-20-13-15/h1,3,5-6,9,13-14,16,21H,2,4,7-8,10-12H2. The van der Waals surface area contributed by atoms with Crippen molar-refractivity contribution in [1.29, 1.82) is 0 Å². The van der Waals surface area contributed by atoms with Gasteiger partial charge in [0.2, 0.25) is 0 Å². The fraction of sp³-hybridized carbons (Fsp3) is 0.474. The first-order chi connectivity index (χ1) is 12.3. The van der Waals surface area contributed by atoms with Gasteiger partial charge in [0.15, 0.2) is 0 Å². The van der Waals surface area contributed by atoms with E-state index in [2.05, 4.69) is 16.4 Å². The van der Waals surface area contributed by atoms with Gasteiger partial charge in [0.05, 0.1) is 11.1 Å². The lowest BCUT2D eigenvalue weighted by molar-refractivity contribution is 0.0599. The monoisotopic (exact) mass is 357 g/mol. The minimum Gasteiger partial charge on any atom is -0.489 e. The Balaban J connectivity index is 1.32. The third kappa shape index (κ3) is 3.85. The maximum absolute atomic E-state index is 12.8. The van der Waals surface area contributed by atoms with Gasteiger partial charge in [0.25, 0.3) is 5.91 Å². The minimum atomic E-state index is 0.161. The quantitative estimate of drug-likeness (QED) is 0.913. The summed E-state index contributed by atoms with van der Waals surface area (Å²) in [5.41, 5.74) is 0. The number of pyridine rings is 1. The molecule has 0 radical (unpaired) electrons. The van der Waals surface area contributed by atoms with Crippen molar-refractivity contribution in [3.05, 3.63) is 46.4 Å². The van der Waals surface area contributed by atoms with Gasteiger partial charge in [0.1, 0.15) is 11.9 Å². The Kier molecular flexibility index (Phi) is 4.99. The van der Waals surface area contributed by atoms with E-state index in [4.69, 9.17) is 4.74 Å². The Hall–Kier alpha value is -1.92. The Morgan fingerprint density at radius 3 is 2.84 bits per heavy atom. The minimum absolute atomic E-state index is 0.161. The first-order valence-electron chi connectivity index (χ1n) is 8.99. The van der Waals surface area contributed by atoms with Crippen LogP contribution in [0.2, 0.25) is 0 Å². The van der Waals surface area contributed by atoms with Gasteiger partial charge in [-0.25, -0.2) is 0 Å². The van der Waals surface area contributed by atoms with E-state index in [0.29, 0.717) is 6.04 Å². The molecule has 2 aromatic rings. The molecule has 25 heavy (non-hydrogen) atoms. The van der Waals surface area contributed by atoms with Crippen molar-refractivity contribution < 1.29 is 9.53 Å². The number of ether oxygens (including phenoxy) is 1. The maximum Gasteiger partial charge on any atom is 0.263 e. The van der Waals surface area contributed by atoms with Crippen LogP contribution in [-0.4, -0.2) is 41.5 Å². The van der Waals surface area contributed by atoms with Crippen LogP contribution in [0.4, 0.5) is 0 Å². The van der Waals surface area contributed by atoms with E-state index in [0.717, 1.165) is 43.1 Å². The summed E-state index contributed by atoms with van der Waals surface area (Å²) in [4.78, 5) is 20.9. The predicted octanol–water partition coefficient (Wildman–Crippen LogP) is 3.25. The van der Waals surface area contributed by atoms with Crippen molar-refractivity contribution in [3.63, 3.8) is 0 Å². The van der Waals surface area contributed by atoms with Gasteiger partial charge in [-0.2, -0.15) is 0 Å². The second kappa shape index (κ2) is 7.54. The van der Waals surface area contributed by atoms with Crippen molar-refractivity contribution in [2.75, 3.05) is 19.6 Å². The van der Waals surface area contributed by atoms with Crippen LogP contribution < -0.4 is 10.1 Å². The Labute approximate surface area is 152 Å². The van der Waals surface area contributed by atoms with Crippen LogP contribution in [0.3, 0.4) is 0 Å². The van der Waals surface area contributed by atoms with Gasteiger partial charge in [0, 0.05) is 43.0 Å². The van der Waals surface area contributed by atoms with E-state index < -0.39 is 0 Å². The summed E-state index contributed by atoms with van der Waals surface area (Å²) in [5.74, 6) is 0.966. The molecule has 2 fully saturated rings. The average molecular weight is 357 g/mol. The second-order valence-electron chi connectivity index (χ2n) is 6.65. The number of rotatable bonds is 4. The highest BCUT2D eigenvalue weighted by Gasteiger charge is 2.26. The molecule has 2 aliphatic rings. The number of nitrogens with one attached hydrogen (secondary N) is 1. The first-order valence-corrected chi connectivity index (χ1v) is 9.80. The lowest BCUT2D eigenvalue weighted by atomic mass is 10.1. The largest absolute Gasteiger partial charge is 0.489 e. The van der Waals surface area contributed by atoms with Crippen molar-refractivity contribution in [2.45, 2.75) is 37.8 Å². The molecule has 6 heteroatoms. The molecule has 0 aromatic carbocycles. The molecule has 1 amide bonds. The molecule has 4 heterocycles. The number of amides is 1. The molecule has 2 aliphatic heterocycles. The summed E-state index contributed by atoms with van der Waals surface area (Å²) in [6.07, 6.45) is 7.76. The number of carbonyl (C=O) groups is 1. The van der Waals surface area contributed by atoms with Crippen LogP contribution in [0.25, 0.3) is 0 Å². The van der Waals surface area contributed by atoms with E-state index in [1.807, 2.05) is 23.1 Å². The second-order valence-corrected chi connectivity index (χ2v) is 7.76. The summed E-state index contributed by atoms with van der Waals surface area (Å²) >= 11 is 1.64. The van der Waals surface area contributed by atoms with Gasteiger partial charge < -0.3 is 15.0 Å². The average Bonchev–Trinajstić information content (AvgIpc) is 3.34. The van der Waals surface area contributed by atoms with Crippen LogP contribution in [0.1, 0.15) is 46.3 Å². The van der Waals surface area contributed by atoms with E-state index in [1.165, 1.54) is 17.7 Å². The third-order valence-corrected chi connectivity index (χ3v) is 6.09. The topological polar surface area (TPSA) is 54.5 Å². The summed E-state index contributed by atoms with van der Waals surface area (Å²) < 4.78 is 5.95. The fourth-order valence-electron chi connectivity index (χ4n) is 3.52. The number of aromatic nitrogens is 1. The molecule has 1 unspecified atom stereocenters. The van der Waals surface area contributed by atoms with E-state index in [1.54, 1.807) is 23.7 Å². The SMILES string of the molecule is O=C(c1ccc(C2CCCN2)s1)N1CCC(Oc2cccnc2)CC1. The zero-order valence-corrected chi connectivity index (χ0v) is 15.0. The molecular formula is C19H23N3O2S.